The number of aromatic nitrogens is 2. The maximum Gasteiger partial charge on any atom is 0.328 e. The fraction of sp³-hybridized carbons (Fsp3) is 0.389. The molecule has 134 valence electrons. The normalized spacial score (nSPS) is 11.8. The molecule has 1 atom stereocenters. The van der Waals surface area contributed by atoms with Crippen molar-refractivity contribution in [3.63, 3.8) is 0 Å². The van der Waals surface area contributed by atoms with Crippen LogP contribution >= 0.6 is 11.8 Å². The molecule has 0 aliphatic rings. The van der Waals surface area contributed by atoms with Crippen molar-refractivity contribution in [2.24, 2.45) is 0 Å². The van der Waals surface area contributed by atoms with Gasteiger partial charge in [-0.25, -0.2) is 9.48 Å². The summed E-state index contributed by atoms with van der Waals surface area (Å²) in [4.78, 5) is 24.4. The number of rotatable bonds is 7. The van der Waals surface area contributed by atoms with Crippen LogP contribution in [0.25, 0.3) is 5.69 Å². The van der Waals surface area contributed by atoms with Gasteiger partial charge in [-0.15, -0.1) is 0 Å². The fourth-order valence-corrected chi connectivity index (χ4v) is 3.01. The van der Waals surface area contributed by atoms with Gasteiger partial charge in [0.05, 0.1) is 18.5 Å². The maximum absolute atomic E-state index is 12.6. The summed E-state index contributed by atoms with van der Waals surface area (Å²) < 4.78 is 6.57. The van der Waals surface area contributed by atoms with E-state index in [9.17, 15) is 9.59 Å². The van der Waals surface area contributed by atoms with Crippen LogP contribution in [0.5, 0.6) is 0 Å². The number of hydrogen-bond donors (Lipinski definition) is 1. The number of thioether (sulfide) groups is 1. The maximum atomic E-state index is 12.6. The lowest BCUT2D eigenvalue weighted by atomic mass is 10.1. The molecule has 0 saturated heterocycles. The molecule has 1 amide bonds. The van der Waals surface area contributed by atoms with Gasteiger partial charge in [0.15, 0.2) is 0 Å². The van der Waals surface area contributed by atoms with Crippen LogP contribution in [0.1, 0.15) is 28.2 Å². The number of amides is 1. The summed E-state index contributed by atoms with van der Waals surface area (Å²) in [6.07, 6.45) is 2.48. The molecule has 0 bridgehead atoms. The molecule has 0 radical (unpaired) electrons. The molecule has 1 aromatic carbocycles. The number of nitrogens with one attached hydrogen (secondary N) is 1. The highest BCUT2D eigenvalue weighted by Crippen LogP contribution is 2.14. The van der Waals surface area contributed by atoms with Gasteiger partial charge in [0.1, 0.15) is 6.04 Å². The van der Waals surface area contributed by atoms with E-state index in [1.54, 1.807) is 34.6 Å². The van der Waals surface area contributed by atoms with E-state index >= 15 is 0 Å². The number of nitrogens with zero attached hydrogens (tertiary/aromatic N) is 2. The van der Waals surface area contributed by atoms with Gasteiger partial charge in [-0.2, -0.15) is 16.9 Å². The fourth-order valence-electron chi connectivity index (χ4n) is 2.54. The van der Waals surface area contributed by atoms with Crippen molar-refractivity contribution in [2.75, 3.05) is 19.1 Å². The van der Waals surface area contributed by atoms with Crippen LogP contribution in [-0.2, 0) is 9.53 Å². The molecule has 0 saturated carbocycles. The predicted molar refractivity (Wildman–Crippen MR) is 99.3 cm³/mol. The first-order valence-electron chi connectivity index (χ1n) is 7.97. The zero-order valence-electron chi connectivity index (χ0n) is 14.9. The van der Waals surface area contributed by atoms with Gasteiger partial charge in [0.2, 0.25) is 0 Å². The molecular weight excluding hydrogens is 338 g/mol. The first-order valence-corrected chi connectivity index (χ1v) is 9.37. The first-order chi connectivity index (χ1) is 12.0. The third-order valence-electron chi connectivity index (χ3n) is 3.76. The molecule has 2 aromatic rings. The van der Waals surface area contributed by atoms with Crippen molar-refractivity contribution < 1.29 is 14.3 Å². The van der Waals surface area contributed by atoms with Gasteiger partial charge >= 0.3 is 5.97 Å². The quantitative estimate of drug-likeness (QED) is 0.767. The Labute approximate surface area is 151 Å². The lowest BCUT2D eigenvalue weighted by Crippen LogP contribution is -2.42. The number of methoxy groups -OCH3 is 1. The summed E-state index contributed by atoms with van der Waals surface area (Å²) >= 11 is 1.61. The SMILES string of the molecule is COC(=O)[C@H](CCSC)NC(=O)c1cccc(-n2nc(C)cc2C)c1. The number of ether oxygens (including phenoxy) is 1. The molecule has 0 unspecified atom stereocenters. The number of benzene rings is 1. The van der Waals surface area contributed by atoms with E-state index in [1.165, 1.54) is 7.11 Å². The van der Waals surface area contributed by atoms with Crippen molar-refractivity contribution >= 4 is 23.6 Å². The molecule has 2 rings (SSSR count). The van der Waals surface area contributed by atoms with Crippen LogP contribution in [-0.4, -0.2) is 46.8 Å². The Balaban J connectivity index is 2.20. The van der Waals surface area contributed by atoms with Crippen LogP contribution in [0, 0.1) is 13.8 Å². The number of hydrogen-bond acceptors (Lipinski definition) is 5. The third-order valence-corrected chi connectivity index (χ3v) is 4.41. The van der Waals surface area contributed by atoms with Gasteiger partial charge in [0, 0.05) is 11.3 Å². The zero-order chi connectivity index (χ0) is 18.4. The summed E-state index contributed by atoms with van der Waals surface area (Å²) in [6, 6.07) is 8.49. The molecule has 0 aliphatic heterocycles. The van der Waals surface area contributed by atoms with Gasteiger partial charge in [-0.05, 0) is 56.5 Å². The first kappa shape index (κ1) is 19.1. The average Bonchev–Trinajstić information content (AvgIpc) is 2.96. The molecule has 1 aromatic heterocycles. The second-order valence-corrected chi connectivity index (χ2v) is 6.71. The topological polar surface area (TPSA) is 73.2 Å². The van der Waals surface area contributed by atoms with Crippen molar-refractivity contribution in [3.8, 4) is 5.69 Å². The van der Waals surface area contributed by atoms with E-state index in [1.807, 2.05) is 32.2 Å². The highest BCUT2D eigenvalue weighted by Gasteiger charge is 2.22. The summed E-state index contributed by atoms with van der Waals surface area (Å²) in [7, 11) is 1.32. The van der Waals surface area contributed by atoms with Gasteiger partial charge in [-0.1, -0.05) is 6.07 Å². The minimum atomic E-state index is -0.651. The van der Waals surface area contributed by atoms with Crippen LogP contribution in [0.3, 0.4) is 0 Å². The summed E-state index contributed by atoms with van der Waals surface area (Å²) in [5.74, 6) is 0.0169. The van der Waals surface area contributed by atoms with Crippen molar-refractivity contribution in [3.05, 3.63) is 47.3 Å². The average molecular weight is 361 g/mol. The summed E-state index contributed by atoms with van der Waals surface area (Å²) in [6.45, 7) is 3.88. The van der Waals surface area contributed by atoms with Gasteiger partial charge < -0.3 is 10.1 Å². The van der Waals surface area contributed by atoms with Crippen LogP contribution in [0.15, 0.2) is 30.3 Å². The molecule has 1 N–H and O–H groups in total. The Morgan fingerprint density at radius 2 is 2.08 bits per heavy atom. The molecule has 7 heteroatoms. The third kappa shape index (κ3) is 4.85. The van der Waals surface area contributed by atoms with E-state index in [0.29, 0.717) is 12.0 Å². The molecule has 0 aliphatic carbocycles. The number of esters is 1. The molecule has 6 nitrogen and oxygen atoms in total. The van der Waals surface area contributed by atoms with Crippen molar-refractivity contribution in [1.29, 1.82) is 0 Å². The number of aryl methyl sites for hydroxylation is 2. The lowest BCUT2D eigenvalue weighted by molar-refractivity contribution is -0.142. The minimum Gasteiger partial charge on any atom is -0.467 e. The van der Waals surface area contributed by atoms with E-state index < -0.39 is 12.0 Å². The molecular formula is C18H23N3O3S. The molecule has 0 spiro atoms. The van der Waals surface area contributed by atoms with Crippen LogP contribution < -0.4 is 5.32 Å². The molecule has 1 heterocycles. The Bertz CT molecular complexity index is 758. The highest BCUT2D eigenvalue weighted by molar-refractivity contribution is 7.98. The molecule has 0 fully saturated rings. The Morgan fingerprint density at radius 3 is 2.68 bits per heavy atom. The lowest BCUT2D eigenvalue weighted by Gasteiger charge is -2.16. The smallest absolute Gasteiger partial charge is 0.328 e. The van der Waals surface area contributed by atoms with E-state index in [0.717, 1.165) is 22.8 Å². The second-order valence-electron chi connectivity index (χ2n) is 5.72. The van der Waals surface area contributed by atoms with Gasteiger partial charge in [-0.3, -0.25) is 4.79 Å². The van der Waals surface area contributed by atoms with Crippen molar-refractivity contribution in [1.82, 2.24) is 15.1 Å². The number of carbonyl (C=O) groups is 2. The van der Waals surface area contributed by atoms with Crippen LogP contribution in [0.2, 0.25) is 0 Å². The summed E-state index contributed by atoms with van der Waals surface area (Å²) in [5, 5.41) is 7.19. The second kappa shape index (κ2) is 8.71. The monoisotopic (exact) mass is 361 g/mol. The zero-order valence-corrected chi connectivity index (χ0v) is 15.7. The largest absolute Gasteiger partial charge is 0.467 e. The predicted octanol–water partition coefficient (Wildman–Crippen LogP) is 2.51. The van der Waals surface area contributed by atoms with Crippen LogP contribution in [0.4, 0.5) is 0 Å². The molecule has 25 heavy (non-hydrogen) atoms. The standard InChI is InChI=1S/C18H23N3O3S/c1-12-10-13(2)21(20-12)15-7-5-6-14(11-15)17(22)19-16(8-9-25-4)18(23)24-3/h5-7,10-11,16H,8-9H2,1-4H3,(H,19,22)/t16-/m0/s1. The van der Waals surface area contributed by atoms with Gasteiger partial charge in [0.25, 0.3) is 5.91 Å². The number of carbonyl (C=O) groups excluding carboxylic acids is 2. The minimum absolute atomic E-state index is 0.306. The Hall–Kier alpha value is -2.28. The highest BCUT2D eigenvalue weighted by atomic mass is 32.2. The summed E-state index contributed by atoms with van der Waals surface area (Å²) in [5.41, 5.74) is 3.18. The van der Waals surface area contributed by atoms with Crippen molar-refractivity contribution in [2.45, 2.75) is 26.3 Å². The van der Waals surface area contributed by atoms with E-state index in [-0.39, 0.29) is 5.91 Å². The Kier molecular flexibility index (Phi) is 6.64. The van der Waals surface area contributed by atoms with E-state index in [4.69, 9.17) is 4.74 Å². The van der Waals surface area contributed by atoms with E-state index in [2.05, 4.69) is 10.4 Å². The Morgan fingerprint density at radius 1 is 1.32 bits per heavy atom.